The van der Waals surface area contributed by atoms with E-state index in [0.29, 0.717) is 29.1 Å². The van der Waals surface area contributed by atoms with Crippen molar-refractivity contribution < 1.29 is 18.5 Å². The highest BCUT2D eigenvalue weighted by Gasteiger charge is 2.22. The maximum absolute atomic E-state index is 14.6. The van der Waals surface area contributed by atoms with Gasteiger partial charge >= 0.3 is 0 Å². The molecule has 3 aromatic heterocycles. The third kappa shape index (κ3) is 4.82. The summed E-state index contributed by atoms with van der Waals surface area (Å²) in [6.45, 7) is 7.65. The Balaban J connectivity index is 1.57. The molecule has 0 spiro atoms. The van der Waals surface area contributed by atoms with Crippen molar-refractivity contribution in [3.8, 4) is 22.4 Å². The number of carbonyl (C=O) groups excluding carboxylic acids is 2. The van der Waals surface area contributed by atoms with Crippen molar-refractivity contribution in [3.05, 3.63) is 93.0 Å². The van der Waals surface area contributed by atoms with Gasteiger partial charge in [-0.15, -0.1) is 0 Å². The first-order valence-electron chi connectivity index (χ1n) is 13.2. The molecule has 0 aliphatic rings. The van der Waals surface area contributed by atoms with E-state index in [1.165, 1.54) is 30.8 Å². The number of amides is 2. The molecular weight excluding hydrogens is 525 g/mol. The number of benzene rings is 2. The number of nitrogens with zero attached hydrogens (tertiary/aromatic N) is 3. The minimum absolute atomic E-state index is 0.156. The van der Waals surface area contributed by atoms with Crippen LogP contribution in [-0.2, 0) is 13.6 Å². The summed E-state index contributed by atoms with van der Waals surface area (Å²) in [5, 5.41) is 6.06. The maximum Gasteiger partial charge on any atom is 0.290 e. The number of hydrogen-bond acceptors (Lipinski definition) is 5. The fourth-order valence-corrected chi connectivity index (χ4v) is 5.22. The second-order valence-electron chi connectivity index (χ2n) is 9.91. The molecule has 2 N–H and O–H groups in total. The lowest BCUT2D eigenvalue weighted by Crippen LogP contribution is -2.21. The lowest BCUT2D eigenvalue weighted by molar-refractivity contribution is 0.0957. The lowest BCUT2D eigenvalue weighted by atomic mass is 10.0. The van der Waals surface area contributed by atoms with Gasteiger partial charge < -0.3 is 19.7 Å². The van der Waals surface area contributed by atoms with Crippen molar-refractivity contribution in [2.75, 3.05) is 12.4 Å². The number of rotatable bonds is 6. The smallest absolute Gasteiger partial charge is 0.290 e. The molecular formula is C31H30FN5O4. The molecule has 0 aliphatic heterocycles. The number of hydrogen-bond donors (Lipinski definition) is 2. The second kappa shape index (κ2) is 10.5. The maximum atomic E-state index is 14.6. The summed E-state index contributed by atoms with van der Waals surface area (Å²) in [7, 11) is 2.99. The van der Waals surface area contributed by atoms with Crippen molar-refractivity contribution in [3.63, 3.8) is 0 Å². The van der Waals surface area contributed by atoms with Gasteiger partial charge in [-0.2, -0.15) is 4.74 Å². The van der Waals surface area contributed by atoms with Crippen LogP contribution in [0.1, 0.15) is 44.8 Å². The summed E-state index contributed by atoms with van der Waals surface area (Å²) in [6, 6.07) is 14.3. The topological polar surface area (TPSA) is 111 Å². The number of pyridine rings is 1. The molecule has 10 heteroatoms. The number of carbonyl (C=O) groups is 2. The van der Waals surface area contributed by atoms with Crippen LogP contribution in [0.25, 0.3) is 33.3 Å². The summed E-state index contributed by atoms with van der Waals surface area (Å²) in [5.74, 6) is -1.16. The van der Waals surface area contributed by atoms with Gasteiger partial charge in [0.25, 0.3) is 17.4 Å². The van der Waals surface area contributed by atoms with Gasteiger partial charge in [0.05, 0.1) is 16.6 Å². The van der Waals surface area contributed by atoms with E-state index in [2.05, 4.69) is 15.6 Å². The lowest BCUT2D eigenvalue weighted by Gasteiger charge is -2.13. The van der Waals surface area contributed by atoms with Crippen LogP contribution in [0.5, 0.6) is 0 Å². The average Bonchev–Trinajstić information content (AvgIpc) is 3.44. The predicted molar refractivity (Wildman–Crippen MR) is 156 cm³/mol. The van der Waals surface area contributed by atoms with E-state index in [9.17, 15) is 18.8 Å². The fourth-order valence-electron chi connectivity index (χ4n) is 5.22. The van der Waals surface area contributed by atoms with Crippen molar-refractivity contribution in [1.29, 1.82) is 0 Å². The molecule has 5 rings (SSSR count). The molecule has 0 unspecified atom stereocenters. The molecule has 0 aliphatic carbocycles. The fraction of sp³-hybridized carbons (Fsp3) is 0.226. The van der Waals surface area contributed by atoms with E-state index < -0.39 is 17.6 Å². The Labute approximate surface area is 235 Å². The number of aromatic nitrogens is 3. The zero-order valence-corrected chi connectivity index (χ0v) is 23.7. The molecule has 9 nitrogen and oxygen atoms in total. The third-order valence-electron chi connectivity index (χ3n) is 7.11. The summed E-state index contributed by atoms with van der Waals surface area (Å²) in [4.78, 5) is 42.8. The molecule has 41 heavy (non-hydrogen) atoms. The molecule has 5 aromatic rings. The Morgan fingerprint density at radius 1 is 1.00 bits per heavy atom. The number of halogens is 1. The number of aryl methyl sites for hydroxylation is 5. The van der Waals surface area contributed by atoms with Crippen LogP contribution in [0.15, 0.2) is 57.8 Å². The van der Waals surface area contributed by atoms with Gasteiger partial charge in [-0.1, -0.05) is 24.3 Å². The Morgan fingerprint density at radius 3 is 2.29 bits per heavy atom. The van der Waals surface area contributed by atoms with Crippen LogP contribution in [0.4, 0.5) is 10.1 Å². The summed E-state index contributed by atoms with van der Waals surface area (Å²) < 4.78 is 23.2. The summed E-state index contributed by atoms with van der Waals surface area (Å²) in [6.07, 6.45) is 0. The minimum Gasteiger partial charge on any atom is -0.381 e. The van der Waals surface area contributed by atoms with Crippen molar-refractivity contribution in [1.82, 2.24) is 19.6 Å². The van der Waals surface area contributed by atoms with E-state index in [1.807, 2.05) is 54.8 Å². The first-order valence-corrected chi connectivity index (χ1v) is 13.2. The first-order chi connectivity index (χ1) is 19.5. The van der Waals surface area contributed by atoms with Crippen LogP contribution in [-0.4, -0.2) is 33.2 Å². The highest BCUT2D eigenvalue weighted by atomic mass is 19.1. The van der Waals surface area contributed by atoms with Crippen LogP contribution >= 0.6 is 0 Å². The van der Waals surface area contributed by atoms with Crippen LogP contribution in [0, 0.1) is 26.6 Å². The first kappa shape index (κ1) is 27.6. The number of fused-ring (bicyclic) bond motifs is 1. The van der Waals surface area contributed by atoms with Crippen LogP contribution < -0.4 is 16.2 Å². The SMILES string of the molecule is CCn1c(-c2ccc(-c3c(C)on(C)c3=O)cc2)cc2cc(C)nc(C(=O)Nc3cc(C)c(F)c(C(=O)NC)c3)c21. The number of nitrogens with one attached hydrogen (secondary N) is 2. The Hall–Kier alpha value is -4.99. The molecule has 0 fully saturated rings. The predicted octanol–water partition coefficient (Wildman–Crippen LogP) is 5.36. The van der Waals surface area contributed by atoms with E-state index in [4.69, 9.17) is 4.52 Å². The zero-order chi connectivity index (χ0) is 29.6. The van der Waals surface area contributed by atoms with E-state index in [1.54, 1.807) is 14.0 Å². The van der Waals surface area contributed by atoms with Gasteiger partial charge in [-0.3, -0.25) is 14.4 Å². The molecule has 0 saturated carbocycles. The largest absolute Gasteiger partial charge is 0.381 e. The van der Waals surface area contributed by atoms with Crippen molar-refractivity contribution in [2.24, 2.45) is 7.05 Å². The minimum atomic E-state index is -0.641. The molecule has 0 saturated heterocycles. The van der Waals surface area contributed by atoms with Gasteiger partial charge in [-0.25, -0.2) is 9.37 Å². The van der Waals surface area contributed by atoms with Gasteiger partial charge in [0, 0.05) is 43.1 Å². The monoisotopic (exact) mass is 555 g/mol. The van der Waals surface area contributed by atoms with Gasteiger partial charge in [-0.05, 0) is 68.7 Å². The highest BCUT2D eigenvalue weighted by Crippen LogP contribution is 2.32. The number of anilines is 1. The molecule has 3 heterocycles. The Kier molecular flexibility index (Phi) is 7.08. The molecule has 2 aromatic carbocycles. The van der Waals surface area contributed by atoms with Crippen LogP contribution in [0.2, 0.25) is 0 Å². The molecule has 2 amide bonds. The van der Waals surface area contributed by atoms with Gasteiger partial charge in [0.15, 0.2) is 5.69 Å². The van der Waals surface area contributed by atoms with Gasteiger partial charge in [0.1, 0.15) is 11.6 Å². The molecule has 0 radical (unpaired) electrons. The summed E-state index contributed by atoms with van der Waals surface area (Å²) in [5.41, 5.74) is 4.74. The van der Waals surface area contributed by atoms with Crippen molar-refractivity contribution >= 4 is 28.4 Å². The standard InChI is InChI=1S/C31H30FN5O4/c1-7-37-24(19-8-10-20(11-9-19)25-18(4)41-36(6)31(25)40)14-21-13-17(3)34-27(28(21)37)30(39)35-22-12-16(2)26(32)23(15-22)29(38)33-5/h8-15H,7H2,1-6H3,(H,33,38)(H,35,39). The quantitative estimate of drug-likeness (QED) is 0.293. The molecule has 210 valence electrons. The normalized spacial score (nSPS) is 11.2. The van der Waals surface area contributed by atoms with E-state index in [0.717, 1.165) is 22.2 Å². The zero-order valence-electron chi connectivity index (χ0n) is 23.7. The van der Waals surface area contributed by atoms with Crippen molar-refractivity contribution in [2.45, 2.75) is 34.2 Å². The Morgan fingerprint density at radius 2 is 1.68 bits per heavy atom. The Bertz CT molecular complexity index is 1900. The second-order valence-corrected chi connectivity index (χ2v) is 9.91. The highest BCUT2D eigenvalue weighted by molar-refractivity contribution is 6.12. The average molecular weight is 556 g/mol. The third-order valence-corrected chi connectivity index (χ3v) is 7.11. The van der Waals surface area contributed by atoms with Crippen LogP contribution in [0.3, 0.4) is 0 Å². The molecule has 0 bridgehead atoms. The van der Waals surface area contributed by atoms with Gasteiger partial charge in [0.2, 0.25) is 0 Å². The van der Waals surface area contributed by atoms with E-state index >= 15 is 0 Å². The molecule has 0 atom stereocenters. The summed E-state index contributed by atoms with van der Waals surface area (Å²) >= 11 is 0. The van der Waals surface area contributed by atoms with E-state index in [-0.39, 0.29) is 28.1 Å².